The number of hydrogen-bond donors (Lipinski definition) is 0. The van der Waals surface area contributed by atoms with E-state index < -0.39 is 0 Å². The Bertz CT molecular complexity index is 306. The molecule has 0 aliphatic carbocycles. The van der Waals surface area contributed by atoms with Crippen LogP contribution in [0.2, 0.25) is 0 Å². The monoisotopic (exact) mass is 182 g/mol. The summed E-state index contributed by atoms with van der Waals surface area (Å²) in [6.45, 7) is 0. The van der Waals surface area contributed by atoms with Crippen LogP contribution in [0, 0.1) is 0 Å². The zero-order valence-electron chi connectivity index (χ0n) is 6.27. The summed E-state index contributed by atoms with van der Waals surface area (Å²) < 4.78 is 0. The first-order chi connectivity index (χ1) is 5.83. The molecule has 0 aromatic heterocycles. The molecule has 0 aromatic rings. The van der Waals surface area contributed by atoms with E-state index in [9.17, 15) is 4.79 Å². The summed E-state index contributed by atoms with van der Waals surface area (Å²) in [7, 11) is 0. The van der Waals surface area contributed by atoms with Crippen LogP contribution in [0.4, 0.5) is 0 Å². The Kier molecular flexibility index (Phi) is 1.73. The van der Waals surface area contributed by atoms with E-state index in [0.717, 1.165) is 0 Å². The first-order valence-electron chi connectivity index (χ1n) is 3.64. The van der Waals surface area contributed by atoms with Crippen LogP contribution in [0.15, 0.2) is 29.4 Å². The Morgan fingerprint density at radius 3 is 3.17 bits per heavy atom. The molecule has 4 heteroatoms. The number of aliphatic imine (C=N–C) groups is 1. The maximum atomic E-state index is 11.2. The van der Waals surface area contributed by atoms with Crippen LogP contribution < -0.4 is 0 Å². The maximum absolute atomic E-state index is 11.2. The van der Waals surface area contributed by atoms with Crippen LogP contribution in [-0.2, 0) is 4.79 Å². The van der Waals surface area contributed by atoms with Gasteiger partial charge in [0.05, 0.1) is 5.88 Å². The lowest BCUT2D eigenvalue weighted by Gasteiger charge is -2.20. The second-order valence-corrected chi connectivity index (χ2v) is 2.89. The Morgan fingerprint density at radius 1 is 1.58 bits per heavy atom. The molecule has 0 saturated heterocycles. The van der Waals surface area contributed by atoms with Gasteiger partial charge < -0.3 is 4.90 Å². The van der Waals surface area contributed by atoms with E-state index in [4.69, 9.17) is 11.6 Å². The predicted molar refractivity (Wildman–Crippen MR) is 47.1 cm³/mol. The molecular weight excluding hydrogens is 176 g/mol. The van der Waals surface area contributed by atoms with E-state index >= 15 is 0 Å². The molecule has 0 unspecified atom stereocenters. The number of carbonyl (C=O) groups is 1. The number of nitrogens with zero attached hydrogens (tertiary/aromatic N) is 2. The van der Waals surface area contributed by atoms with Gasteiger partial charge in [0.2, 0.25) is 0 Å². The summed E-state index contributed by atoms with van der Waals surface area (Å²) >= 11 is 5.63. The van der Waals surface area contributed by atoms with Crippen LogP contribution in [-0.4, -0.2) is 28.6 Å². The molecule has 0 bridgehead atoms. The maximum Gasteiger partial charge on any atom is 0.271 e. The second-order valence-electron chi connectivity index (χ2n) is 2.59. The number of amidine groups is 1. The van der Waals surface area contributed by atoms with E-state index in [1.165, 1.54) is 0 Å². The van der Waals surface area contributed by atoms with E-state index in [1.54, 1.807) is 11.0 Å². The highest BCUT2D eigenvalue weighted by molar-refractivity contribution is 6.22. The van der Waals surface area contributed by atoms with Crippen LogP contribution in [0.1, 0.15) is 0 Å². The number of amides is 1. The molecule has 3 nitrogen and oxygen atoms in total. The van der Waals surface area contributed by atoms with Crippen LogP contribution in [0.3, 0.4) is 0 Å². The summed E-state index contributed by atoms with van der Waals surface area (Å²) in [5.41, 5.74) is 0. The molecule has 2 aliphatic heterocycles. The number of hydrogen-bond acceptors (Lipinski definition) is 2. The Balaban J connectivity index is 2.33. The largest absolute Gasteiger partial charge is 0.319 e. The van der Waals surface area contributed by atoms with Gasteiger partial charge in [0, 0.05) is 6.20 Å². The van der Waals surface area contributed by atoms with Gasteiger partial charge >= 0.3 is 0 Å². The van der Waals surface area contributed by atoms with Gasteiger partial charge in [0.15, 0.2) is 0 Å². The molecule has 62 valence electrons. The quantitative estimate of drug-likeness (QED) is 0.565. The molecule has 1 amide bonds. The topological polar surface area (TPSA) is 32.7 Å². The molecule has 2 aliphatic rings. The lowest BCUT2D eigenvalue weighted by Crippen LogP contribution is -2.35. The van der Waals surface area contributed by atoms with Gasteiger partial charge in [-0.2, -0.15) is 4.99 Å². The van der Waals surface area contributed by atoms with Crippen molar-refractivity contribution < 1.29 is 4.79 Å². The fourth-order valence-electron chi connectivity index (χ4n) is 1.25. The SMILES string of the molecule is O=C1N=C2C=CC=CN2[C@H]1CCl. The first-order valence-corrected chi connectivity index (χ1v) is 4.18. The zero-order valence-corrected chi connectivity index (χ0v) is 7.03. The molecule has 0 fully saturated rings. The molecule has 0 spiro atoms. The van der Waals surface area contributed by atoms with E-state index in [-0.39, 0.29) is 17.8 Å². The highest BCUT2D eigenvalue weighted by atomic mass is 35.5. The third kappa shape index (κ3) is 0.975. The Morgan fingerprint density at radius 2 is 2.42 bits per heavy atom. The number of allylic oxidation sites excluding steroid dienone is 2. The van der Waals surface area contributed by atoms with E-state index in [0.29, 0.717) is 5.84 Å². The normalized spacial score (nSPS) is 26.1. The van der Waals surface area contributed by atoms with Crippen molar-refractivity contribution >= 4 is 23.3 Å². The zero-order chi connectivity index (χ0) is 8.55. The highest BCUT2D eigenvalue weighted by Crippen LogP contribution is 2.17. The lowest BCUT2D eigenvalue weighted by atomic mass is 10.2. The van der Waals surface area contributed by atoms with Crippen molar-refractivity contribution in [3.8, 4) is 0 Å². The number of rotatable bonds is 1. The van der Waals surface area contributed by atoms with Gasteiger partial charge in [-0.1, -0.05) is 6.08 Å². The highest BCUT2D eigenvalue weighted by Gasteiger charge is 2.32. The van der Waals surface area contributed by atoms with Crippen molar-refractivity contribution in [2.75, 3.05) is 5.88 Å². The standard InChI is InChI=1S/C8H7ClN2O/c9-5-6-8(12)10-7-3-1-2-4-11(6)7/h1-4,6H,5H2/t6-/m0/s1. The van der Waals surface area contributed by atoms with Crippen molar-refractivity contribution in [2.24, 2.45) is 4.99 Å². The van der Waals surface area contributed by atoms with Crippen LogP contribution >= 0.6 is 11.6 Å². The van der Waals surface area contributed by atoms with Crippen molar-refractivity contribution in [3.05, 3.63) is 24.4 Å². The average molecular weight is 183 g/mol. The van der Waals surface area contributed by atoms with Gasteiger partial charge in [0.1, 0.15) is 11.9 Å². The number of halogens is 1. The molecule has 2 rings (SSSR count). The molecule has 0 saturated carbocycles. The van der Waals surface area contributed by atoms with E-state index in [1.807, 2.05) is 18.4 Å². The van der Waals surface area contributed by atoms with Crippen LogP contribution in [0.5, 0.6) is 0 Å². The summed E-state index contributed by atoms with van der Waals surface area (Å²) in [6.07, 6.45) is 7.32. The number of carbonyl (C=O) groups excluding carboxylic acids is 1. The second kappa shape index (κ2) is 2.75. The summed E-state index contributed by atoms with van der Waals surface area (Å²) in [6, 6.07) is -0.303. The lowest BCUT2D eigenvalue weighted by molar-refractivity contribution is -0.119. The molecule has 12 heavy (non-hydrogen) atoms. The third-order valence-electron chi connectivity index (χ3n) is 1.86. The van der Waals surface area contributed by atoms with Crippen LogP contribution in [0.25, 0.3) is 0 Å². The smallest absolute Gasteiger partial charge is 0.271 e. The molecular formula is C8H7ClN2O. The minimum atomic E-state index is -0.303. The number of fused-ring (bicyclic) bond motifs is 1. The van der Waals surface area contributed by atoms with Gasteiger partial charge in [-0.25, -0.2) is 0 Å². The van der Waals surface area contributed by atoms with Gasteiger partial charge in [-0.3, -0.25) is 4.79 Å². The Labute approximate surface area is 75.0 Å². The summed E-state index contributed by atoms with van der Waals surface area (Å²) in [5.74, 6) is 0.814. The molecule has 0 N–H and O–H groups in total. The molecule has 1 atom stereocenters. The first kappa shape index (κ1) is 7.55. The van der Waals surface area contributed by atoms with Gasteiger partial charge in [-0.15, -0.1) is 11.6 Å². The van der Waals surface area contributed by atoms with E-state index in [2.05, 4.69) is 4.99 Å². The third-order valence-corrected chi connectivity index (χ3v) is 2.15. The fourth-order valence-corrected chi connectivity index (χ4v) is 1.53. The van der Waals surface area contributed by atoms with Gasteiger partial charge in [-0.05, 0) is 12.2 Å². The van der Waals surface area contributed by atoms with Crippen molar-refractivity contribution in [1.29, 1.82) is 0 Å². The number of alkyl halides is 1. The summed E-state index contributed by atoms with van der Waals surface area (Å²) in [4.78, 5) is 16.8. The summed E-state index contributed by atoms with van der Waals surface area (Å²) in [5, 5.41) is 0. The van der Waals surface area contributed by atoms with Gasteiger partial charge in [0.25, 0.3) is 5.91 Å². The molecule has 2 heterocycles. The Hall–Kier alpha value is -1.09. The van der Waals surface area contributed by atoms with Crippen molar-refractivity contribution in [1.82, 2.24) is 4.90 Å². The molecule has 0 radical (unpaired) electrons. The predicted octanol–water partition coefficient (Wildman–Crippen LogP) is 0.918. The average Bonchev–Trinajstić information content (AvgIpc) is 2.40. The minimum Gasteiger partial charge on any atom is -0.319 e. The molecule has 0 aromatic carbocycles. The fraction of sp³-hybridized carbons (Fsp3) is 0.250. The van der Waals surface area contributed by atoms with Crippen molar-refractivity contribution in [2.45, 2.75) is 6.04 Å². The van der Waals surface area contributed by atoms with Crippen molar-refractivity contribution in [3.63, 3.8) is 0 Å². The minimum absolute atomic E-state index is 0.156.